The maximum Gasteiger partial charge on any atom is 0.234 e. The second kappa shape index (κ2) is 7.98. The zero-order chi connectivity index (χ0) is 17.9. The predicted octanol–water partition coefficient (Wildman–Crippen LogP) is 3.72. The summed E-state index contributed by atoms with van der Waals surface area (Å²) in [4.78, 5) is 12.2. The van der Waals surface area contributed by atoms with Gasteiger partial charge in [-0.25, -0.2) is 0 Å². The van der Waals surface area contributed by atoms with E-state index in [4.69, 9.17) is 16.3 Å². The molecule has 1 atom stereocenters. The van der Waals surface area contributed by atoms with Crippen LogP contribution >= 0.6 is 23.4 Å². The van der Waals surface area contributed by atoms with Gasteiger partial charge in [0.15, 0.2) is 5.16 Å². The summed E-state index contributed by atoms with van der Waals surface area (Å²) in [5.41, 5.74) is 0.736. The molecule has 1 amide bonds. The fourth-order valence-corrected chi connectivity index (χ4v) is 3.96. The van der Waals surface area contributed by atoms with Gasteiger partial charge in [-0.05, 0) is 49.9 Å². The summed E-state index contributed by atoms with van der Waals surface area (Å²) in [6.45, 7) is 1.61. The van der Waals surface area contributed by atoms with E-state index in [0.29, 0.717) is 10.9 Å². The van der Waals surface area contributed by atoms with E-state index in [-0.39, 0.29) is 17.8 Å². The summed E-state index contributed by atoms with van der Waals surface area (Å²) in [5.74, 6) is 1.77. The second-order valence-corrected chi connectivity index (χ2v) is 8.08. The van der Waals surface area contributed by atoms with E-state index in [2.05, 4.69) is 20.1 Å². The van der Waals surface area contributed by atoms with E-state index in [1.54, 1.807) is 24.3 Å². The number of benzene rings is 1. The molecule has 1 aliphatic carbocycles. The Hall–Kier alpha value is -1.57. The Morgan fingerprint density at radius 2 is 2.08 bits per heavy atom. The van der Waals surface area contributed by atoms with E-state index >= 15 is 0 Å². The highest BCUT2D eigenvalue weighted by molar-refractivity contribution is 7.99. The van der Waals surface area contributed by atoms with Crippen molar-refractivity contribution in [3.8, 4) is 0 Å². The number of carbonyl (C=O) groups is 1. The van der Waals surface area contributed by atoms with Crippen molar-refractivity contribution in [3.05, 3.63) is 35.1 Å². The Morgan fingerprint density at radius 3 is 2.77 bits per heavy atom. The summed E-state index contributed by atoms with van der Waals surface area (Å²) in [5, 5.41) is 13.0. The lowest BCUT2D eigenvalue weighted by atomic mass is 10.2. The molecular weight excluding hydrogens is 372 g/mol. The van der Waals surface area contributed by atoms with Crippen molar-refractivity contribution in [1.82, 2.24) is 14.8 Å². The molecular formula is C18H21ClN4O2S. The minimum Gasteiger partial charge on any atom is -0.376 e. The van der Waals surface area contributed by atoms with Crippen LogP contribution in [0.15, 0.2) is 29.4 Å². The molecule has 2 aliphatic rings. The van der Waals surface area contributed by atoms with Crippen LogP contribution in [0.25, 0.3) is 0 Å². The largest absolute Gasteiger partial charge is 0.376 e. The van der Waals surface area contributed by atoms with Gasteiger partial charge in [-0.1, -0.05) is 23.4 Å². The van der Waals surface area contributed by atoms with Crippen molar-refractivity contribution in [3.63, 3.8) is 0 Å². The molecule has 1 aromatic carbocycles. The number of hydrogen-bond donors (Lipinski definition) is 1. The van der Waals surface area contributed by atoms with Gasteiger partial charge >= 0.3 is 0 Å². The highest BCUT2D eigenvalue weighted by Gasteiger charge is 2.31. The predicted molar refractivity (Wildman–Crippen MR) is 102 cm³/mol. The Morgan fingerprint density at radius 1 is 1.27 bits per heavy atom. The molecule has 1 saturated heterocycles. The number of anilines is 1. The molecule has 0 radical (unpaired) electrons. The lowest BCUT2D eigenvalue weighted by Gasteiger charge is -2.14. The Balaban J connectivity index is 1.39. The fourth-order valence-electron chi connectivity index (χ4n) is 3.07. The van der Waals surface area contributed by atoms with Crippen LogP contribution in [-0.4, -0.2) is 39.1 Å². The van der Waals surface area contributed by atoms with Crippen molar-refractivity contribution in [2.75, 3.05) is 17.7 Å². The molecule has 2 heterocycles. The number of carbonyl (C=O) groups excluding carboxylic acids is 1. The van der Waals surface area contributed by atoms with Crippen LogP contribution in [0, 0.1) is 0 Å². The molecule has 2 aromatic rings. The van der Waals surface area contributed by atoms with Gasteiger partial charge in [0.1, 0.15) is 5.82 Å². The maximum absolute atomic E-state index is 12.2. The molecule has 0 spiro atoms. The van der Waals surface area contributed by atoms with Crippen molar-refractivity contribution in [2.24, 2.45) is 0 Å². The lowest BCUT2D eigenvalue weighted by Crippen LogP contribution is -2.19. The van der Waals surface area contributed by atoms with Crippen LogP contribution in [0.1, 0.15) is 37.4 Å². The smallest absolute Gasteiger partial charge is 0.234 e. The quantitative estimate of drug-likeness (QED) is 0.727. The zero-order valence-electron chi connectivity index (χ0n) is 14.4. The molecule has 2 fully saturated rings. The van der Waals surface area contributed by atoms with E-state index in [9.17, 15) is 4.79 Å². The molecule has 138 valence electrons. The molecule has 1 aliphatic heterocycles. The van der Waals surface area contributed by atoms with Gasteiger partial charge in [0.2, 0.25) is 5.91 Å². The topological polar surface area (TPSA) is 69.0 Å². The highest BCUT2D eigenvalue weighted by atomic mass is 35.5. The third-order valence-electron chi connectivity index (χ3n) is 4.56. The molecule has 1 saturated carbocycles. The summed E-state index contributed by atoms with van der Waals surface area (Å²) >= 11 is 7.29. The molecule has 0 bridgehead atoms. The van der Waals surface area contributed by atoms with E-state index in [1.807, 2.05) is 0 Å². The number of hydrogen-bond acceptors (Lipinski definition) is 5. The first kappa shape index (κ1) is 17.8. The van der Waals surface area contributed by atoms with Crippen LogP contribution in [-0.2, 0) is 16.1 Å². The Kier molecular flexibility index (Phi) is 5.47. The minimum atomic E-state index is -0.0723. The standard InChI is InChI=1S/C18H21ClN4O2S/c19-13-5-7-14(8-6-13)20-16(24)11-26-18-22-21-17(12-3-4-12)23(18)10-15-2-1-9-25-15/h5-8,12,15H,1-4,9-11H2,(H,20,24)/t15-/m0/s1. The van der Waals surface area contributed by atoms with Crippen molar-refractivity contribution in [1.29, 1.82) is 0 Å². The zero-order valence-corrected chi connectivity index (χ0v) is 15.9. The number of amides is 1. The molecule has 1 aromatic heterocycles. The average molecular weight is 393 g/mol. The number of thioether (sulfide) groups is 1. The van der Waals surface area contributed by atoms with Gasteiger partial charge in [0.05, 0.1) is 18.4 Å². The van der Waals surface area contributed by atoms with Crippen LogP contribution < -0.4 is 5.32 Å². The Bertz CT molecular complexity index is 770. The molecule has 6 nitrogen and oxygen atoms in total. The van der Waals surface area contributed by atoms with E-state index in [1.165, 1.54) is 24.6 Å². The SMILES string of the molecule is O=C(CSc1nnc(C2CC2)n1C[C@@H]1CCCO1)Nc1ccc(Cl)cc1. The average Bonchev–Trinajstić information content (AvgIpc) is 3.20. The van der Waals surface area contributed by atoms with Gasteiger partial charge in [0.25, 0.3) is 0 Å². The van der Waals surface area contributed by atoms with E-state index in [0.717, 1.165) is 42.7 Å². The van der Waals surface area contributed by atoms with Crippen molar-refractivity contribution < 1.29 is 9.53 Å². The van der Waals surface area contributed by atoms with Crippen molar-refractivity contribution in [2.45, 2.75) is 49.4 Å². The first-order valence-electron chi connectivity index (χ1n) is 8.92. The first-order chi connectivity index (χ1) is 12.7. The molecule has 8 heteroatoms. The third kappa shape index (κ3) is 4.39. The summed E-state index contributed by atoms with van der Waals surface area (Å²) in [7, 11) is 0. The first-order valence-corrected chi connectivity index (χ1v) is 10.3. The number of aromatic nitrogens is 3. The van der Waals surface area contributed by atoms with E-state index < -0.39 is 0 Å². The second-order valence-electron chi connectivity index (χ2n) is 6.70. The van der Waals surface area contributed by atoms with Crippen LogP contribution in [0.3, 0.4) is 0 Å². The maximum atomic E-state index is 12.2. The summed E-state index contributed by atoms with van der Waals surface area (Å²) in [6.07, 6.45) is 4.75. The van der Waals surface area contributed by atoms with Crippen LogP contribution in [0.4, 0.5) is 5.69 Å². The van der Waals surface area contributed by atoms with Crippen LogP contribution in [0.2, 0.25) is 5.02 Å². The molecule has 4 rings (SSSR count). The third-order valence-corrected chi connectivity index (χ3v) is 5.78. The van der Waals surface area contributed by atoms with Gasteiger partial charge in [0, 0.05) is 23.2 Å². The number of halogens is 1. The molecule has 0 unspecified atom stereocenters. The van der Waals surface area contributed by atoms with Gasteiger partial charge < -0.3 is 14.6 Å². The summed E-state index contributed by atoms with van der Waals surface area (Å²) in [6, 6.07) is 7.08. The van der Waals surface area contributed by atoms with Gasteiger partial charge in [-0.15, -0.1) is 10.2 Å². The van der Waals surface area contributed by atoms with Gasteiger partial charge in [-0.3, -0.25) is 4.79 Å². The Labute approximate surface area is 161 Å². The van der Waals surface area contributed by atoms with Crippen LogP contribution in [0.5, 0.6) is 0 Å². The minimum absolute atomic E-state index is 0.0723. The fraction of sp³-hybridized carbons (Fsp3) is 0.500. The number of nitrogens with zero attached hydrogens (tertiary/aromatic N) is 3. The normalized spacial score (nSPS) is 19.7. The monoisotopic (exact) mass is 392 g/mol. The summed E-state index contributed by atoms with van der Waals surface area (Å²) < 4.78 is 7.94. The van der Waals surface area contributed by atoms with Crippen molar-refractivity contribution >= 4 is 35.0 Å². The lowest BCUT2D eigenvalue weighted by molar-refractivity contribution is -0.113. The molecule has 26 heavy (non-hydrogen) atoms. The number of rotatable bonds is 7. The molecule has 1 N–H and O–H groups in total. The number of nitrogens with one attached hydrogen (secondary N) is 1. The highest BCUT2D eigenvalue weighted by Crippen LogP contribution is 2.40. The van der Waals surface area contributed by atoms with Gasteiger partial charge in [-0.2, -0.15) is 0 Å². The number of ether oxygens (including phenoxy) is 1.